The molecule has 0 aliphatic carbocycles. The summed E-state index contributed by atoms with van der Waals surface area (Å²) in [5, 5.41) is 3.33. The zero-order valence-corrected chi connectivity index (χ0v) is 10.3. The molecule has 0 radical (unpaired) electrons. The lowest BCUT2D eigenvalue weighted by atomic mass is 10.1. The van der Waals surface area contributed by atoms with Crippen LogP contribution in [0.1, 0.15) is 24.2 Å². The van der Waals surface area contributed by atoms with E-state index in [4.69, 9.17) is 0 Å². The highest BCUT2D eigenvalue weighted by molar-refractivity contribution is 5.32. The monoisotopic (exact) mass is 220 g/mol. The summed E-state index contributed by atoms with van der Waals surface area (Å²) in [6.45, 7) is 6.15. The molecule has 4 nitrogen and oxygen atoms in total. The van der Waals surface area contributed by atoms with E-state index in [1.54, 1.807) is 0 Å². The Hall–Kier alpha value is -1.16. The molecule has 1 aromatic rings. The van der Waals surface area contributed by atoms with Crippen LogP contribution >= 0.6 is 0 Å². The maximum absolute atomic E-state index is 4.50. The van der Waals surface area contributed by atoms with Gasteiger partial charge >= 0.3 is 0 Å². The largest absolute Gasteiger partial charge is 0.341 e. The van der Waals surface area contributed by atoms with Crippen molar-refractivity contribution in [3.8, 4) is 0 Å². The SMILES string of the molecule is CNC1CCN(c2nc(C)cc(C)n2)CC1. The first-order valence-electron chi connectivity index (χ1n) is 5.93. The number of hydrogen-bond donors (Lipinski definition) is 1. The summed E-state index contributed by atoms with van der Waals surface area (Å²) in [6, 6.07) is 2.67. The van der Waals surface area contributed by atoms with Gasteiger partial charge in [-0.3, -0.25) is 0 Å². The molecule has 1 N–H and O–H groups in total. The highest BCUT2D eigenvalue weighted by atomic mass is 15.3. The van der Waals surface area contributed by atoms with Crippen LogP contribution < -0.4 is 10.2 Å². The number of piperidine rings is 1. The highest BCUT2D eigenvalue weighted by Gasteiger charge is 2.19. The van der Waals surface area contributed by atoms with Crippen molar-refractivity contribution in [1.82, 2.24) is 15.3 Å². The van der Waals surface area contributed by atoms with Crippen LogP contribution in [-0.2, 0) is 0 Å². The van der Waals surface area contributed by atoms with Gasteiger partial charge in [0.25, 0.3) is 0 Å². The van der Waals surface area contributed by atoms with Gasteiger partial charge in [-0.25, -0.2) is 9.97 Å². The van der Waals surface area contributed by atoms with E-state index in [9.17, 15) is 0 Å². The molecule has 88 valence electrons. The van der Waals surface area contributed by atoms with Gasteiger partial charge in [0.1, 0.15) is 0 Å². The number of anilines is 1. The summed E-state index contributed by atoms with van der Waals surface area (Å²) >= 11 is 0. The smallest absolute Gasteiger partial charge is 0.225 e. The van der Waals surface area contributed by atoms with Gasteiger partial charge in [-0.2, -0.15) is 0 Å². The Morgan fingerprint density at radius 3 is 2.25 bits per heavy atom. The normalized spacial score (nSPS) is 17.8. The van der Waals surface area contributed by atoms with Crippen molar-refractivity contribution in [2.24, 2.45) is 0 Å². The summed E-state index contributed by atoms with van der Waals surface area (Å²) in [7, 11) is 2.04. The number of aromatic nitrogens is 2. The molecule has 1 saturated heterocycles. The minimum Gasteiger partial charge on any atom is -0.341 e. The predicted molar refractivity (Wildman–Crippen MR) is 65.8 cm³/mol. The number of nitrogens with zero attached hydrogens (tertiary/aromatic N) is 3. The van der Waals surface area contributed by atoms with Crippen LogP contribution in [0.3, 0.4) is 0 Å². The fourth-order valence-electron chi connectivity index (χ4n) is 2.22. The predicted octanol–water partition coefficient (Wildman–Crippen LogP) is 1.28. The third-order valence-electron chi connectivity index (χ3n) is 3.16. The average Bonchev–Trinajstić information content (AvgIpc) is 2.28. The number of nitrogens with one attached hydrogen (secondary N) is 1. The van der Waals surface area contributed by atoms with Crippen LogP contribution in [-0.4, -0.2) is 36.1 Å². The molecular weight excluding hydrogens is 200 g/mol. The third-order valence-corrected chi connectivity index (χ3v) is 3.16. The van der Waals surface area contributed by atoms with Crippen molar-refractivity contribution in [2.75, 3.05) is 25.0 Å². The fourth-order valence-corrected chi connectivity index (χ4v) is 2.22. The molecule has 0 amide bonds. The molecule has 0 saturated carbocycles. The quantitative estimate of drug-likeness (QED) is 0.815. The minimum absolute atomic E-state index is 0.655. The Kier molecular flexibility index (Phi) is 3.39. The van der Waals surface area contributed by atoms with Gasteiger partial charge in [-0.05, 0) is 39.8 Å². The minimum atomic E-state index is 0.655. The van der Waals surface area contributed by atoms with E-state index in [-0.39, 0.29) is 0 Å². The molecule has 0 unspecified atom stereocenters. The van der Waals surface area contributed by atoms with Crippen molar-refractivity contribution in [2.45, 2.75) is 32.7 Å². The second-order valence-corrected chi connectivity index (χ2v) is 4.50. The van der Waals surface area contributed by atoms with E-state index in [2.05, 4.69) is 20.2 Å². The highest BCUT2D eigenvalue weighted by Crippen LogP contribution is 2.16. The Morgan fingerprint density at radius 1 is 1.19 bits per heavy atom. The molecule has 0 spiro atoms. The van der Waals surface area contributed by atoms with E-state index < -0.39 is 0 Å². The molecule has 2 rings (SSSR count). The van der Waals surface area contributed by atoms with E-state index in [0.29, 0.717) is 6.04 Å². The van der Waals surface area contributed by atoms with Gasteiger partial charge in [0, 0.05) is 30.5 Å². The van der Waals surface area contributed by atoms with Gasteiger partial charge in [-0.15, -0.1) is 0 Å². The van der Waals surface area contributed by atoms with E-state index >= 15 is 0 Å². The lowest BCUT2D eigenvalue weighted by Gasteiger charge is -2.32. The zero-order valence-electron chi connectivity index (χ0n) is 10.3. The first kappa shape index (κ1) is 11.3. The van der Waals surface area contributed by atoms with Crippen molar-refractivity contribution in [3.63, 3.8) is 0 Å². The van der Waals surface area contributed by atoms with Crippen LogP contribution in [0.5, 0.6) is 0 Å². The number of aryl methyl sites for hydroxylation is 2. The molecule has 0 aromatic carbocycles. The second kappa shape index (κ2) is 4.78. The van der Waals surface area contributed by atoms with Crippen LogP contribution in [0.25, 0.3) is 0 Å². The first-order valence-corrected chi connectivity index (χ1v) is 5.93. The average molecular weight is 220 g/mol. The van der Waals surface area contributed by atoms with Gasteiger partial charge in [0.15, 0.2) is 0 Å². The Bertz CT molecular complexity index is 336. The van der Waals surface area contributed by atoms with E-state index in [1.165, 1.54) is 12.8 Å². The number of hydrogen-bond acceptors (Lipinski definition) is 4. The first-order chi connectivity index (χ1) is 7.69. The molecule has 16 heavy (non-hydrogen) atoms. The third kappa shape index (κ3) is 2.50. The Balaban J connectivity index is 2.08. The van der Waals surface area contributed by atoms with Crippen LogP contribution in [0.4, 0.5) is 5.95 Å². The molecular formula is C12H20N4. The van der Waals surface area contributed by atoms with Crippen LogP contribution in [0.15, 0.2) is 6.07 Å². The summed E-state index contributed by atoms with van der Waals surface area (Å²) in [6.07, 6.45) is 2.35. The summed E-state index contributed by atoms with van der Waals surface area (Å²) in [5.74, 6) is 0.895. The van der Waals surface area contributed by atoms with Crippen molar-refractivity contribution >= 4 is 5.95 Å². The maximum atomic E-state index is 4.50. The molecule has 4 heteroatoms. The molecule has 2 heterocycles. The summed E-state index contributed by atoms with van der Waals surface area (Å²) < 4.78 is 0. The van der Waals surface area contributed by atoms with Crippen molar-refractivity contribution in [1.29, 1.82) is 0 Å². The van der Waals surface area contributed by atoms with Crippen molar-refractivity contribution in [3.05, 3.63) is 17.5 Å². The topological polar surface area (TPSA) is 41.0 Å². The van der Waals surface area contributed by atoms with Gasteiger partial charge in [0.2, 0.25) is 5.95 Å². The standard InChI is InChI=1S/C12H20N4/c1-9-8-10(2)15-12(14-9)16-6-4-11(13-3)5-7-16/h8,11,13H,4-7H2,1-3H3. The fraction of sp³-hybridized carbons (Fsp3) is 0.667. The lowest BCUT2D eigenvalue weighted by molar-refractivity contribution is 0.438. The van der Waals surface area contributed by atoms with Gasteiger partial charge in [0.05, 0.1) is 0 Å². The molecule has 1 aromatic heterocycles. The van der Waals surface area contributed by atoms with Crippen LogP contribution in [0.2, 0.25) is 0 Å². The van der Waals surface area contributed by atoms with Crippen molar-refractivity contribution < 1.29 is 0 Å². The molecule has 0 atom stereocenters. The summed E-state index contributed by atoms with van der Waals surface area (Å²) in [5.41, 5.74) is 2.11. The molecule has 1 fully saturated rings. The van der Waals surface area contributed by atoms with E-state index in [0.717, 1.165) is 30.4 Å². The van der Waals surface area contributed by atoms with E-state index in [1.807, 2.05) is 27.0 Å². The molecule has 1 aliphatic rings. The van der Waals surface area contributed by atoms with Gasteiger partial charge < -0.3 is 10.2 Å². The second-order valence-electron chi connectivity index (χ2n) is 4.50. The zero-order chi connectivity index (χ0) is 11.5. The lowest BCUT2D eigenvalue weighted by Crippen LogP contribution is -2.42. The number of rotatable bonds is 2. The van der Waals surface area contributed by atoms with Crippen LogP contribution in [0, 0.1) is 13.8 Å². The Morgan fingerprint density at radius 2 is 1.75 bits per heavy atom. The molecule has 1 aliphatic heterocycles. The molecule has 0 bridgehead atoms. The maximum Gasteiger partial charge on any atom is 0.225 e. The summed E-state index contributed by atoms with van der Waals surface area (Å²) in [4.78, 5) is 11.3. The Labute approximate surface area is 97.1 Å². The van der Waals surface area contributed by atoms with Gasteiger partial charge in [-0.1, -0.05) is 0 Å².